The number of alkyl carbamates (subject to hydrolysis) is 1. The third kappa shape index (κ3) is 5.07. The highest BCUT2D eigenvalue weighted by molar-refractivity contribution is 5.86. The van der Waals surface area contributed by atoms with E-state index in [0.717, 1.165) is 35.1 Å². The van der Waals surface area contributed by atoms with E-state index < -0.39 is 18.1 Å². The van der Waals surface area contributed by atoms with Crippen LogP contribution in [0.5, 0.6) is 0 Å². The topological polar surface area (TPSA) is 105 Å². The quantitative estimate of drug-likeness (QED) is 0.587. The van der Waals surface area contributed by atoms with E-state index >= 15 is 0 Å². The number of amides is 2. The number of aliphatic carboxylic acids is 1. The fourth-order valence-corrected chi connectivity index (χ4v) is 5.04. The van der Waals surface area contributed by atoms with Gasteiger partial charge in [0, 0.05) is 32.0 Å². The number of methoxy groups -OCH3 is 1. The highest BCUT2D eigenvalue weighted by atomic mass is 16.5. The lowest BCUT2D eigenvalue weighted by atomic mass is 9.98. The van der Waals surface area contributed by atoms with E-state index in [1.54, 1.807) is 4.90 Å². The van der Waals surface area contributed by atoms with Crippen molar-refractivity contribution < 1.29 is 29.0 Å². The maximum atomic E-state index is 13.1. The van der Waals surface area contributed by atoms with E-state index in [1.807, 2.05) is 36.4 Å². The molecule has 1 unspecified atom stereocenters. The standard InChI is InChI=1S/C26H30N2O6/c1-33-16-23(25(31)28-14-6-7-17(28)12-13-24(29)30)27-26(32)34-15-22-20-10-4-2-8-18(20)19-9-3-5-11-21(19)22/h2-5,8-11,17,22-23H,6-7,12-16H2,1H3,(H,27,32)(H,29,30)/t17?,23-/m0/s1. The van der Waals surface area contributed by atoms with Gasteiger partial charge in [-0.3, -0.25) is 9.59 Å². The lowest BCUT2D eigenvalue weighted by Gasteiger charge is -2.29. The Morgan fingerprint density at radius 1 is 1.09 bits per heavy atom. The van der Waals surface area contributed by atoms with Crippen molar-refractivity contribution >= 4 is 18.0 Å². The zero-order chi connectivity index (χ0) is 24.1. The second-order valence-corrected chi connectivity index (χ2v) is 8.74. The van der Waals surface area contributed by atoms with Crippen molar-refractivity contribution in [2.75, 3.05) is 26.9 Å². The van der Waals surface area contributed by atoms with Gasteiger partial charge >= 0.3 is 12.1 Å². The number of carboxylic acids is 1. The van der Waals surface area contributed by atoms with Crippen LogP contribution in [0.4, 0.5) is 4.79 Å². The molecule has 8 heteroatoms. The van der Waals surface area contributed by atoms with Crippen LogP contribution in [0.15, 0.2) is 48.5 Å². The van der Waals surface area contributed by atoms with E-state index in [1.165, 1.54) is 7.11 Å². The molecule has 0 saturated carbocycles. The minimum atomic E-state index is -0.897. The van der Waals surface area contributed by atoms with Gasteiger partial charge in [-0.2, -0.15) is 0 Å². The van der Waals surface area contributed by atoms with Crippen LogP contribution in [0.1, 0.15) is 42.7 Å². The van der Waals surface area contributed by atoms with Crippen molar-refractivity contribution in [1.82, 2.24) is 10.2 Å². The summed E-state index contributed by atoms with van der Waals surface area (Å²) in [5, 5.41) is 11.6. The van der Waals surface area contributed by atoms with E-state index in [0.29, 0.717) is 13.0 Å². The Bertz CT molecular complexity index is 1010. The third-order valence-corrected chi connectivity index (χ3v) is 6.62. The van der Waals surface area contributed by atoms with Gasteiger partial charge in [0.2, 0.25) is 5.91 Å². The summed E-state index contributed by atoms with van der Waals surface area (Å²) in [7, 11) is 1.46. The van der Waals surface area contributed by atoms with Crippen molar-refractivity contribution in [1.29, 1.82) is 0 Å². The largest absolute Gasteiger partial charge is 0.481 e. The minimum Gasteiger partial charge on any atom is -0.481 e. The van der Waals surface area contributed by atoms with Gasteiger partial charge in [0.05, 0.1) is 6.61 Å². The molecule has 1 aliphatic heterocycles. The van der Waals surface area contributed by atoms with Crippen molar-refractivity contribution in [2.24, 2.45) is 0 Å². The number of likely N-dealkylation sites (tertiary alicyclic amines) is 1. The van der Waals surface area contributed by atoms with Gasteiger partial charge in [-0.1, -0.05) is 48.5 Å². The first-order valence-corrected chi connectivity index (χ1v) is 11.6. The Morgan fingerprint density at radius 3 is 2.35 bits per heavy atom. The van der Waals surface area contributed by atoms with Crippen LogP contribution in [0, 0.1) is 0 Å². The Morgan fingerprint density at radius 2 is 1.74 bits per heavy atom. The van der Waals surface area contributed by atoms with Gasteiger partial charge in [0.1, 0.15) is 12.6 Å². The Balaban J connectivity index is 1.39. The smallest absolute Gasteiger partial charge is 0.407 e. The molecule has 8 nitrogen and oxygen atoms in total. The van der Waals surface area contributed by atoms with Gasteiger partial charge in [0.25, 0.3) is 0 Å². The fourth-order valence-electron chi connectivity index (χ4n) is 5.04. The molecule has 0 bridgehead atoms. The van der Waals surface area contributed by atoms with Crippen molar-refractivity contribution in [3.8, 4) is 11.1 Å². The Kier molecular flexibility index (Phi) is 7.47. The first-order valence-electron chi connectivity index (χ1n) is 11.6. The number of hydrogen-bond donors (Lipinski definition) is 2. The number of carboxylic acid groups (broad SMARTS) is 1. The van der Waals surface area contributed by atoms with Crippen LogP contribution in [-0.2, 0) is 19.1 Å². The maximum absolute atomic E-state index is 13.1. The van der Waals surface area contributed by atoms with Gasteiger partial charge in [-0.15, -0.1) is 0 Å². The van der Waals surface area contributed by atoms with Crippen LogP contribution in [-0.4, -0.2) is 66.9 Å². The van der Waals surface area contributed by atoms with Crippen molar-refractivity contribution in [3.05, 3.63) is 59.7 Å². The summed E-state index contributed by atoms with van der Waals surface area (Å²) in [6.07, 6.45) is 1.28. The summed E-state index contributed by atoms with van der Waals surface area (Å²) < 4.78 is 10.8. The van der Waals surface area contributed by atoms with Crippen LogP contribution < -0.4 is 5.32 Å². The van der Waals surface area contributed by atoms with E-state index in [2.05, 4.69) is 17.4 Å². The number of benzene rings is 2. The summed E-state index contributed by atoms with van der Waals surface area (Å²) in [4.78, 5) is 38.4. The molecule has 0 spiro atoms. The first-order chi connectivity index (χ1) is 16.5. The number of nitrogens with one attached hydrogen (secondary N) is 1. The predicted molar refractivity (Wildman–Crippen MR) is 125 cm³/mol. The highest BCUT2D eigenvalue weighted by Crippen LogP contribution is 2.44. The molecule has 0 aromatic heterocycles. The molecule has 1 aliphatic carbocycles. The molecule has 2 aromatic carbocycles. The molecule has 1 saturated heterocycles. The molecule has 2 aromatic rings. The summed E-state index contributed by atoms with van der Waals surface area (Å²) in [5.41, 5.74) is 4.50. The van der Waals surface area contributed by atoms with Crippen LogP contribution in [0.2, 0.25) is 0 Å². The minimum absolute atomic E-state index is 0.00317. The molecule has 0 radical (unpaired) electrons. The first kappa shape index (κ1) is 23.8. The van der Waals surface area contributed by atoms with Crippen molar-refractivity contribution in [2.45, 2.75) is 43.7 Å². The molecule has 2 amide bonds. The highest BCUT2D eigenvalue weighted by Gasteiger charge is 2.35. The van der Waals surface area contributed by atoms with E-state index in [-0.39, 0.29) is 37.5 Å². The Hall–Kier alpha value is -3.39. The van der Waals surface area contributed by atoms with Crippen LogP contribution in [0.25, 0.3) is 11.1 Å². The second-order valence-electron chi connectivity index (χ2n) is 8.74. The summed E-state index contributed by atoms with van der Waals surface area (Å²) >= 11 is 0. The van der Waals surface area contributed by atoms with Crippen LogP contribution in [0.3, 0.4) is 0 Å². The number of nitrogens with zero attached hydrogens (tertiary/aromatic N) is 1. The van der Waals surface area contributed by atoms with E-state index in [9.17, 15) is 14.4 Å². The molecule has 2 N–H and O–H groups in total. The molecule has 1 fully saturated rings. The molecule has 34 heavy (non-hydrogen) atoms. The van der Waals surface area contributed by atoms with E-state index in [4.69, 9.17) is 14.6 Å². The summed E-state index contributed by atoms with van der Waals surface area (Å²) in [6, 6.07) is 15.1. The molecule has 180 valence electrons. The third-order valence-electron chi connectivity index (χ3n) is 6.62. The lowest BCUT2D eigenvalue weighted by Crippen LogP contribution is -2.52. The average molecular weight is 467 g/mol. The zero-order valence-electron chi connectivity index (χ0n) is 19.2. The second kappa shape index (κ2) is 10.7. The average Bonchev–Trinajstić information content (AvgIpc) is 3.43. The molecule has 4 rings (SSSR count). The molecular formula is C26H30N2O6. The molecule has 1 heterocycles. The monoisotopic (exact) mass is 466 g/mol. The van der Waals surface area contributed by atoms with Gasteiger partial charge in [-0.05, 0) is 41.5 Å². The Labute approximate surface area is 198 Å². The van der Waals surface area contributed by atoms with Crippen molar-refractivity contribution in [3.63, 3.8) is 0 Å². The fraction of sp³-hybridized carbons (Fsp3) is 0.423. The number of rotatable bonds is 9. The van der Waals surface area contributed by atoms with Gasteiger partial charge in [-0.25, -0.2) is 4.79 Å². The lowest BCUT2D eigenvalue weighted by molar-refractivity contribution is -0.139. The van der Waals surface area contributed by atoms with Gasteiger partial charge in [0.15, 0.2) is 0 Å². The predicted octanol–water partition coefficient (Wildman–Crippen LogP) is 3.40. The summed E-state index contributed by atoms with van der Waals surface area (Å²) in [5.74, 6) is -1.23. The number of hydrogen-bond acceptors (Lipinski definition) is 5. The number of ether oxygens (including phenoxy) is 2. The SMILES string of the molecule is COC[C@H](NC(=O)OCC1c2ccccc2-c2ccccc21)C(=O)N1CCCC1CCC(=O)O. The number of carbonyl (C=O) groups excluding carboxylic acids is 2. The van der Waals surface area contributed by atoms with Gasteiger partial charge < -0.3 is 24.8 Å². The normalized spacial score (nSPS) is 17.7. The number of carbonyl (C=O) groups is 3. The summed E-state index contributed by atoms with van der Waals surface area (Å²) in [6.45, 7) is 0.694. The molecule has 2 aliphatic rings. The molecular weight excluding hydrogens is 436 g/mol. The number of fused-ring (bicyclic) bond motifs is 3. The zero-order valence-corrected chi connectivity index (χ0v) is 19.2. The maximum Gasteiger partial charge on any atom is 0.407 e. The van der Waals surface area contributed by atoms with Crippen LogP contribution >= 0.6 is 0 Å². The molecule has 2 atom stereocenters.